The van der Waals surface area contributed by atoms with Crippen molar-refractivity contribution < 1.29 is 4.74 Å². The Bertz CT molecular complexity index is 676. The predicted octanol–water partition coefficient (Wildman–Crippen LogP) is 1.62. The van der Waals surface area contributed by atoms with Crippen molar-refractivity contribution >= 4 is 0 Å². The Morgan fingerprint density at radius 2 is 1.95 bits per heavy atom. The van der Waals surface area contributed by atoms with Crippen molar-refractivity contribution in [1.29, 1.82) is 0 Å². The third-order valence-corrected chi connectivity index (χ3v) is 4.18. The maximum atomic E-state index is 11.9. The highest BCUT2D eigenvalue weighted by Gasteiger charge is 2.15. The average molecular weight is 299 g/mol. The van der Waals surface area contributed by atoms with Crippen LogP contribution in [0.25, 0.3) is 11.3 Å². The number of H-pyrrole nitrogens is 1. The summed E-state index contributed by atoms with van der Waals surface area (Å²) in [6.07, 6.45) is 0.826. The van der Waals surface area contributed by atoms with Gasteiger partial charge in [0, 0.05) is 30.8 Å². The number of aromatic amines is 1. The van der Waals surface area contributed by atoms with Crippen molar-refractivity contribution in [1.82, 2.24) is 15.1 Å². The molecule has 1 aliphatic rings. The Hall–Kier alpha value is -1.98. The standard InChI is InChI=1S/C17H21N3O2/c1-13-15(7-8-20-9-11-22-12-10-20)16(18-19-17(13)21)14-5-3-2-4-6-14/h2-6H,7-12H2,1H3,(H,19,21). The molecule has 22 heavy (non-hydrogen) atoms. The molecule has 0 atom stereocenters. The van der Waals surface area contributed by atoms with Crippen LogP contribution in [-0.2, 0) is 11.2 Å². The highest BCUT2D eigenvalue weighted by atomic mass is 16.5. The highest BCUT2D eigenvalue weighted by Crippen LogP contribution is 2.22. The lowest BCUT2D eigenvalue weighted by Crippen LogP contribution is -2.37. The van der Waals surface area contributed by atoms with E-state index in [0.29, 0.717) is 0 Å². The number of ether oxygens (including phenoxy) is 1. The minimum absolute atomic E-state index is 0.100. The maximum Gasteiger partial charge on any atom is 0.267 e. The lowest BCUT2D eigenvalue weighted by molar-refractivity contribution is 0.0384. The molecule has 2 heterocycles. The SMILES string of the molecule is Cc1c(CCN2CCOCC2)c(-c2ccccc2)n[nH]c1=O. The quantitative estimate of drug-likeness (QED) is 0.932. The predicted molar refractivity (Wildman–Crippen MR) is 86.0 cm³/mol. The van der Waals surface area contributed by atoms with Crippen LogP contribution in [0.15, 0.2) is 35.1 Å². The van der Waals surface area contributed by atoms with E-state index >= 15 is 0 Å². The first kappa shape index (κ1) is 14.9. The molecule has 0 saturated carbocycles. The van der Waals surface area contributed by atoms with Gasteiger partial charge in [-0.3, -0.25) is 9.69 Å². The molecule has 0 radical (unpaired) electrons. The largest absolute Gasteiger partial charge is 0.379 e. The van der Waals surface area contributed by atoms with Crippen LogP contribution >= 0.6 is 0 Å². The van der Waals surface area contributed by atoms with Crippen LogP contribution in [0.4, 0.5) is 0 Å². The summed E-state index contributed by atoms with van der Waals surface area (Å²) >= 11 is 0. The molecule has 0 unspecified atom stereocenters. The van der Waals surface area contributed by atoms with Crippen molar-refractivity contribution in [3.05, 3.63) is 51.8 Å². The van der Waals surface area contributed by atoms with E-state index in [1.165, 1.54) is 0 Å². The normalized spacial score (nSPS) is 15.9. The molecule has 5 heteroatoms. The fraction of sp³-hybridized carbons (Fsp3) is 0.412. The summed E-state index contributed by atoms with van der Waals surface area (Å²) in [4.78, 5) is 14.3. The number of nitrogens with one attached hydrogen (secondary N) is 1. The fourth-order valence-electron chi connectivity index (χ4n) is 2.81. The molecule has 116 valence electrons. The molecule has 1 aliphatic heterocycles. The Morgan fingerprint density at radius 1 is 1.23 bits per heavy atom. The van der Waals surface area contributed by atoms with Gasteiger partial charge in [-0.25, -0.2) is 5.10 Å². The molecule has 3 rings (SSSR count). The van der Waals surface area contributed by atoms with Crippen LogP contribution in [-0.4, -0.2) is 47.9 Å². The van der Waals surface area contributed by atoms with Gasteiger partial charge in [-0.2, -0.15) is 5.10 Å². The second-order valence-corrected chi connectivity index (χ2v) is 5.57. The van der Waals surface area contributed by atoms with Crippen LogP contribution in [0.3, 0.4) is 0 Å². The first-order valence-electron chi connectivity index (χ1n) is 7.69. The highest BCUT2D eigenvalue weighted by molar-refractivity contribution is 5.63. The van der Waals surface area contributed by atoms with E-state index in [1.54, 1.807) is 0 Å². The topological polar surface area (TPSA) is 58.2 Å². The minimum Gasteiger partial charge on any atom is -0.379 e. The Labute approximate surface area is 129 Å². The number of aromatic nitrogens is 2. The third kappa shape index (κ3) is 3.26. The number of nitrogens with zero attached hydrogens (tertiary/aromatic N) is 2. The zero-order valence-electron chi connectivity index (χ0n) is 12.8. The van der Waals surface area contributed by atoms with E-state index in [0.717, 1.165) is 61.7 Å². The van der Waals surface area contributed by atoms with Crippen LogP contribution in [0.5, 0.6) is 0 Å². The summed E-state index contributed by atoms with van der Waals surface area (Å²) in [5, 5.41) is 6.90. The first-order valence-corrected chi connectivity index (χ1v) is 7.69. The molecule has 2 aromatic rings. The third-order valence-electron chi connectivity index (χ3n) is 4.18. The van der Waals surface area contributed by atoms with Crippen molar-refractivity contribution in [2.75, 3.05) is 32.8 Å². The molecule has 0 spiro atoms. The van der Waals surface area contributed by atoms with Crippen LogP contribution in [0.1, 0.15) is 11.1 Å². The lowest BCUT2D eigenvalue weighted by Gasteiger charge is -2.26. The summed E-state index contributed by atoms with van der Waals surface area (Å²) in [7, 11) is 0. The van der Waals surface area contributed by atoms with Gasteiger partial charge in [-0.15, -0.1) is 0 Å². The molecule has 1 aromatic heterocycles. The Morgan fingerprint density at radius 3 is 2.68 bits per heavy atom. The number of hydrogen-bond acceptors (Lipinski definition) is 4. The number of benzene rings is 1. The van der Waals surface area contributed by atoms with Crippen LogP contribution < -0.4 is 5.56 Å². The molecule has 5 nitrogen and oxygen atoms in total. The maximum absolute atomic E-state index is 11.9. The number of morpholine rings is 1. The Balaban J connectivity index is 1.87. The van der Waals surface area contributed by atoms with E-state index in [1.807, 2.05) is 37.3 Å². The van der Waals surface area contributed by atoms with E-state index in [2.05, 4.69) is 15.1 Å². The second kappa shape index (κ2) is 6.85. The molecule has 1 N–H and O–H groups in total. The zero-order chi connectivity index (χ0) is 15.4. The van der Waals surface area contributed by atoms with Gasteiger partial charge in [-0.05, 0) is 18.9 Å². The minimum atomic E-state index is -0.100. The van der Waals surface area contributed by atoms with Gasteiger partial charge in [0.15, 0.2) is 0 Å². The summed E-state index contributed by atoms with van der Waals surface area (Å²) in [5.41, 5.74) is 3.63. The van der Waals surface area contributed by atoms with Crippen molar-refractivity contribution in [3.63, 3.8) is 0 Å². The number of hydrogen-bond donors (Lipinski definition) is 1. The molecular formula is C17H21N3O2. The zero-order valence-corrected chi connectivity index (χ0v) is 12.8. The molecule has 1 fully saturated rings. The van der Waals surface area contributed by atoms with E-state index in [9.17, 15) is 4.79 Å². The van der Waals surface area contributed by atoms with E-state index < -0.39 is 0 Å². The van der Waals surface area contributed by atoms with Crippen molar-refractivity contribution in [2.24, 2.45) is 0 Å². The smallest absolute Gasteiger partial charge is 0.267 e. The van der Waals surface area contributed by atoms with E-state index in [-0.39, 0.29) is 5.56 Å². The summed E-state index contributed by atoms with van der Waals surface area (Å²) in [6, 6.07) is 10.0. The van der Waals surface area contributed by atoms with Crippen LogP contribution in [0.2, 0.25) is 0 Å². The van der Waals surface area contributed by atoms with Gasteiger partial charge in [0.1, 0.15) is 0 Å². The summed E-state index contributed by atoms with van der Waals surface area (Å²) in [6.45, 7) is 6.29. The molecule has 1 aromatic carbocycles. The van der Waals surface area contributed by atoms with Gasteiger partial charge >= 0.3 is 0 Å². The molecule has 0 aliphatic carbocycles. The van der Waals surface area contributed by atoms with Gasteiger partial charge in [0.05, 0.1) is 18.9 Å². The second-order valence-electron chi connectivity index (χ2n) is 5.57. The molecular weight excluding hydrogens is 278 g/mol. The summed E-state index contributed by atoms with van der Waals surface area (Å²) in [5.74, 6) is 0. The van der Waals surface area contributed by atoms with Crippen LogP contribution in [0, 0.1) is 6.92 Å². The van der Waals surface area contributed by atoms with Crippen molar-refractivity contribution in [2.45, 2.75) is 13.3 Å². The van der Waals surface area contributed by atoms with Gasteiger partial charge in [0.25, 0.3) is 5.56 Å². The lowest BCUT2D eigenvalue weighted by atomic mass is 10.00. The van der Waals surface area contributed by atoms with Crippen molar-refractivity contribution in [3.8, 4) is 11.3 Å². The first-order chi connectivity index (χ1) is 10.8. The molecule has 0 amide bonds. The van der Waals surface area contributed by atoms with E-state index in [4.69, 9.17) is 4.74 Å². The van der Waals surface area contributed by atoms with Gasteiger partial charge < -0.3 is 4.74 Å². The van der Waals surface area contributed by atoms with Gasteiger partial charge in [-0.1, -0.05) is 30.3 Å². The fourth-order valence-corrected chi connectivity index (χ4v) is 2.81. The average Bonchev–Trinajstić information content (AvgIpc) is 2.58. The monoisotopic (exact) mass is 299 g/mol. The molecule has 0 bridgehead atoms. The summed E-state index contributed by atoms with van der Waals surface area (Å²) < 4.78 is 5.38. The number of rotatable bonds is 4. The molecule has 1 saturated heterocycles. The Kier molecular flexibility index (Phi) is 4.65. The van der Waals surface area contributed by atoms with Gasteiger partial charge in [0.2, 0.25) is 0 Å².